The minimum atomic E-state index is -0.419. The highest BCUT2D eigenvalue weighted by Gasteiger charge is 2.10. The van der Waals surface area contributed by atoms with Gasteiger partial charge < -0.3 is 9.30 Å². The number of fused-ring (bicyclic) bond motifs is 1. The van der Waals surface area contributed by atoms with Gasteiger partial charge in [0.05, 0.1) is 28.6 Å². The number of nitrogens with zero attached hydrogens (tertiary/aromatic N) is 3. The Hall–Kier alpha value is -3.91. The molecule has 0 aliphatic heterocycles. The number of amides is 1. The van der Waals surface area contributed by atoms with E-state index >= 15 is 0 Å². The maximum absolute atomic E-state index is 12.1. The van der Waals surface area contributed by atoms with Gasteiger partial charge in [0.15, 0.2) is 5.16 Å². The molecule has 160 valence electrons. The van der Waals surface area contributed by atoms with E-state index in [9.17, 15) is 9.59 Å². The SMILES string of the molecule is Cn1c(SCC(=O)N/N=C\c2ccc(OC(=O)c3ccccc3)cc2)nc2ccccc21. The van der Waals surface area contributed by atoms with Crippen LogP contribution in [0.15, 0.2) is 89.1 Å². The number of hydrogen-bond acceptors (Lipinski definition) is 6. The second kappa shape index (κ2) is 9.93. The number of thioether (sulfide) groups is 1. The Morgan fingerprint density at radius 3 is 2.50 bits per heavy atom. The molecule has 0 saturated heterocycles. The van der Waals surface area contributed by atoms with Gasteiger partial charge in [-0.1, -0.05) is 42.1 Å². The summed E-state index contributed by atoms with van der Waals surface area (Å²) in [5.74, 6) is -0.0221. The summed E-state index contributed by atoms with van der Waals surface area (Å²) < 4.78 is 7.30. The van der Waals surface area contributed by atoms with Gasteiger partial charge in [-0.3, -0.25) is 4.79 Å². The average Bonchev–Trinajstić information content (AvgIpc) is 3.15. The third-order valence-electron chi connectivity index (χ3n) is 4.58. The number of hydrogen-bond donors (Lipinski definition) is 1. The lowest BCUT2D eigenvalue weighted by Gasteiger charge is -2.04. The van der Waals surface area contributed by atoms with Crippen LogP contribution in [0.5, 0.6) is 5.75 Å². The molecular formula is C24H20N4O3S. The molecule has 0 fully saturated rings. The number of aryl methyl sites for hydroxylation is 1. The number of imidazole rings is 1. The van der Waals surface area contributed by atoms with Gasteiger partial charge >= 0.3 is 5.97 Å². The molecule has 0 spiro atoms. The molecule has 0 aliphatic rings. The molecule has 4 aromatic rings. The number of rotatable bonds is 7. The third kappa shape index (κ3) is 5.22. The predicted octanol–water partition coefficient (Wildman–Crippen LogP) is 4.03. The van der Waals surface area contributed by atoms with Crippen molar-refractivity contribution in [2.24, 2.45) is 12.1 Å². The zero-order valence-corrected chi connectivity index (χ0v) is 18.1. The summed E-state index contributed by atoms with van der Waals surface area (Å²) in [5.41, 5.74) is 5.67. The van der Waals surface area contributed by atoms with Crippen molar-refractivity contribution in [3.63, 3.8) is 0 Å². The van der Waals surface area contributed by atoms with Crippen LogP contribution >= 0.6 is 11.8 Å². The average molecular weight is 445 g/mol. The lowest BCUT2D eigenvalue weighted by Crippen LogP contribution is -2.19. The highest BCUT2D eigenvalue weighted by Crippen LogP contribution is 2.22. The summed E-state index contributed by atoms with van der Waals surface area (Å²) in [6, 6.07) is 23.5. The number of esters is 1. The minimum Gasteiger partial charge on any atom is -0.423 e. The summed E-state index contributed by atoms with van der Waals surface area (Å²) >= 11 is 1.35. The molecular weight excluding hydrogens is 424 g/mol. The van der Waals surface area contributed by atoms with Gasteiger partial charge in [-0.2, -0.15) is 5.10 Å². The fourth-order valence-electron chi connectivity index (χ4n) is 2.96. The van der Waals surface area contributed by atoms with Crippen molar-refractivity contribution in [3.8, 4) is 5.75 Å². The fourth-order valence-corrected chi connectivity index (χ4v) is 3.74. The van der Waals surface area contributed by atoms with Crippen molar-refractivity contribution >= 4 is 40.9 Å². The molecule has 32 heavy (non-hydrogen) atoms. The summed E-state index contributed by atoms with van der Waals surface area (Å²) in [7, 11) is 1.93. The molecule has 0 atom stereocenters. The van der Waals surface area contributed by atoms with Gasteiger partial charge in [-0.25, -0.2) is 15.2 Å². The van der Waals surface area contributed by atoms with Gasteiger partial charge in [-0.05, 0) is 54.1 Å². The van der Waals surface area contributed by atoms with Crippen LogP contribution in [0.2, 0.25) is 0 Å². The van der Waals surface area contributed by atoms with Crippen molar-refractivity contribution < 1.29 is 14.3 Å². The molecule has 7 nitrogen and oxygen atoms in total. The van der Waals surface area contributed by atoms with E-state index in [1.807, 2.05) is 41.9 Å². The molecule has 1 amide bonds. The Morgan fingerprint density at radius 2 is 1.75 bits per heavy atom. The molecule has 1 heterocycles. The number of benzene rings is 3. The van der Waals surface area contributed by atoms with Crippen LogP contribution in [-0.4, -0.2) is 33.4 Å². The quantitative estimate of drug-likeness (QED) is 0.153. The smallest absolute Gasteiger partial charge is 0.343 e. The number of para-hydroxylation sites is 2. The molecule has 4 rings (SSSR count). The van der Waals surface area contributed by atoms with Crippen molar-refractivity contribution in [2.45, 2.75) is 5.16 Å². The van der Waals surface area contributed by atoms with Gasteiger partial charge in [0.1, 0.15) is 5.75 Å². The highest BCUT2D eigenvalue weighted by molar-refractivity contribution is 7.99. The van der Waals surface area contributed by atoms with Crippen molar-refractivity contribution in [1.29, 1.82) is 0 Å². The van der Waals surface area contributed by atoms with Crippen LogP contribution in [0.25, 0.3) is 11.0 Å². The first-order valence-electron chi connectivity index (χ1n) is 9.83. The number of carbonyl (C=O) groups is 2. The molecule has 0 unspecified atom stereocenters. The maximum atomic E-state index is 12.1. The van der Waals surface area contributed by atoms with Crippen molar-refractivity contribution in [2.75, 3.05) is 5.75 Å². The van der Waals surface area contributed by atoms with Gasteiger partial charge in [0, 0.05) is 7.05 Å². The fraction of sp³-hybridized carbons (Fsp3) is 0.0833. The molecule has 0 saturated carbocycles. The number of aromatic nitrogens is 2. The minimum absolute atomic E-state index is 0.197. The van der Waals surface area contributed by atoms with E-state index in [4.69, 9.17) is 4.74 Å². The van der Waals surface area contributed by atoms with Crippen molar-refractivity contribution in [1.82, 2.24) is 15.0 Å². The number of nitrogens with one attached hydrogen (secondary N) is 1. The number of ether oxygens (including phenoxy) is 1. The second-order valence-electron chi connectivity index (χ2n) is 6.85. The second-order valence-corrected chi connectivity index (χ2v) is 7.79. The van der Waals surface area contributed by atoms with E-state index in [1.54, 1.807) is 48.5 Å². The van der Waals surface area contributed by atoms with Crippen LogP contribution in [-0.2, 0) is 11.8 Å². The molecule has 0 aliphatic carbocycles. The van der Waals surface area contributed by atoms with Gasteiger partial charge in [0.25, 0.3) is 5.91 Å². The first-order valence-corrected chi connectivity index (χ1v) is 10.8. The van der Waals surface area contributed by atoms with Gasteiger partial charge in [0.2, 0.25) is 0 Å². The maximum Gasteiger partial charge on any atom is 0.343 e. The van der Waals surface area contributed by atoms with E-state index in [2.05, 4.69) is 15.5 Å². The van der Waals surface area contributed by atoms with E-state index in [1.165, 1.54) is 18.0 Å². The Bertz CT molecular complexity index is 1270. The van der Waals surface area contributed by atoms with Crippen molar-refractivity contribution in [3.05, 3.63) is 90.0 Å². The first-order chi connectivity index (χ1) is 15.6. The molecule has 3 aromatic carbocycles. The Morgan fingerprint density at radius 1 is 1.03 bits per heavy atom. The number of hydrazone groups is 1. The molecule has 0 bridgehead atoms. The molecule has 8 heteroatoms. The van der Waals surface area contributed by atoms with Crippen LogP contribution in [0.3, 0.4) is 0 Å². The summed E-state index contributed by atoms with van der Waals surface area (Å²) in [5, 5.41) is 4.75. The standard InChI is InChI=1S/C24H20N4O3S/c1-28-21-10-6-5-9-20(21)26-24(28)32-16-22(29)27-25-15-17-11-13-19(14-12-17)31-23(30)18-7-3-2-4-8-18/h2-15H,16H2,1H3,(H,27,29)/b25-15-. The lowest BCUT2D eigenvalue weighted by molar-refractivity contribution is -0.118. The van der Waals surface area contributed by atoms with E-state index in [-0.39, 0.29) is 11.7 Å². The molecule has 1 aromatic heterocycles. The lowest BCUT2D eigenvalue weighted by atomic mass is 10.2. The summed E-state index contributed by atoms with van der Waals surface area (Å²) in [4.78, 5) is 28.7. The summed E-state index contributed by atoms with van der Waals surface area (Å²) in [6.07, 6.45) is 1.53. The van der Waals surface area contributed by atoms with E-state index in [0.717, 1.165) is 21.8 Å². The zero-order valence-electron chi connectivity index (χ0n) is 17.3. The Balaban J connectivity index is 1.26. The van der Waals surface area contributed by atoms with Crippen LogP contribution in [0.4, 0.5) is 0 Å². The number of carbonyl (C=O) groups excluding carboxylic acids is 2. The van der Waals surface area contributed by atoms with Crippen LogP contribution < -0.4 is 10.2 Å². The first kappa shape index (κ1) is 21.3. The topological polar surface area (TPSA) is 85.6 Å². The van der Waals surface area contributed by atoms with Crippen LogP contribution in [0, 0.1) is 0 Å². The predicted molar refractivity (Wildman–Crippen MR) is 125 cm³/mol. The van der Waals surface area contributed by atoms with Gasteiger partial charge in [-0.15, -0.1) is 0 Å². The Kier molecular flexibility index (Phi) is 6.62. The Labute approximate surface area is 189 Å². The highest BCUT2D eigenvalue weighted by atomic mass is 32.2. The van der Waals surface area contributed by atoms with E-state index < -0.39 is 5.97 Å². The largest absolute Gasteiger partial charge is 0.423 e. The molecule has 0 radical (unpaired) electrons. The molecule has 1 N–H and O–H groups in total. The van der Waals surface area contributed by atoms with Crippen LogP contribution in [0.1, 0.15) is 15.9 Å². The van der Waals surface area contributed by atoms with E-state index in [0.29, 0.717) is 11.3 Å². The normalized spacial score (nSPS) is 11.0. The summed E-state index contributed by atoms with van der Waals surface area (Å²) in [6.45, 7) is 0. The zero-order chi connectivity index (χ0) is 22.3. The third-order valence-corrected chi connectivity index (χ3v) is 5.61. The monoisotopic (exact) mass is 444 g/mol.